The van der Waals surface area contributed by atoms with E-state index in [1.165, 1.54) is 5.56 Å². The van der Waals surface area contributed by atoms with Gasteiger partial charge in [-0.05, 0) is 24.2 Å². The van der Waals surface area contributed by atoms with Crippen molar-refractivity contribution in [1.29, 1.82) is 0 Å². The zero-order valence-electron chi connectivity index (χ0n) is 10.6. The summed E-state index contributed by atoms with van der Waals surface area (Å²) in [6, 6.07) is 8.13. The Morgan fingerprint density at radius 3 is 2.18 bits per heavy atom. The van der Waals surface area contributed by atoms with E-state index in [2.05, 4.69) is 18.7 Å². The zero-order valence-corrected chi connectivity index (χ0v) is 12.5. The van der Waals surface area contributed by atoms with Gasteiger partial charge < -0.3 is 13.3 Å². The van der Waals surface area contributed by atoms with E-state index in [9.17, 15) is 0 Å². The number of thiol groups is 1. The first-order valence-corrected chi connectivity index (χ1v) is 7.94. The first-order chi connectivity index (χ1) is 8.24. The van der Waals surface area contributed by atoms with Crippen LogP contribution in [0.1, 0.15) is 12.0 Å². The van der Waals surface area contributed by atoms with Crippen molar-refractivity contribution in [2.45, 2.75) is 12.8 Å². The second-order valence-corrected chi connectivity index (χ2v) is 6.98. The Bertz CT molecular complexity index is 334. The van der Waals surface area contributed by atoms with Crippen LogP contribution in [-0.4, -0.2) is 35.9 Å². The predicted molar refractivity (Wildman–Crippen MR) is 75.0 cm³/mol. The SMILES string of the molecule is CO[Si](OC)(OC)c1ccccc1CCCS. The van der Waals surface area contributed by atoms with Gasteiger partial charge in [-0.25, -0.2) is 0 Å². The van der Waals surface area contributed by atoms with Gasteiger partial charge in [0.1, 0.15) is 0 Å². The Kier molecular flexibility index (Phi) is 6.22. The molecule has 0 amide bonds. The molecular weight excluding hydrogens is 252 g/mol. The molecule has 0 bridgehead atoms. The Morgan fingerprint density at radius 1 is 1.06 bits per heavy atom. The highest BCUT2D eigenvalue weighted by Gasteiger charge is 2.42. The Balaban J connectivity index is 3.09. The molecule has 0 saturated carbocycles. The molecule has 0 heterocycles. The lowest BCUT2D eigenvalue weighted by Crippen LogP contribution is -2.56. The number of hydrogen-bond acceptors (Lipinski definition) is 4. The average Bonchev–Trinajstić information content (AvgIpc) is 2.40. The highest BCUT2D eigenvalue weighted by atomic mass is 32.1. The summed E-state index contributed by atoms with van der Waals surface area (Å²) < 4.78 is 16.6. The fourth-order valence-corrected chi connectivity index (χ4v) is 4.11. The third-order valence-corrected chi connectivity index (χ3v) is 5.83. The first kappa shape index (κ1) is 14.7. The summed E-state index contributed by atoms with van der Waals surface area (Å²) in [5.74, 6) is 0.871. The van der Waals surface area contributed by atoms with Crippen molar-refractivity contribution in [2.75, 3.05) is 27.1 Å². The van der Waals surface area contributed by atoms with Gasteiger partial charge in [0.2, 0.25) is 0 Å². The first-order valence-electron chi connectivity index (χ1n) is 5.58. The second-order valence-electron chi connectivity index (χ2n) is 3.65. The van der Waals surface area contributed by atoms with E-state index in [4.69, 9.17) is 13.3 Å². The van der Waals surface area contributed by atoms with E-state index in [1.807, 2.05) is 18.2 Å². The van der Waals surface area contributed by atoms with Crippen LogP contribution >= 0.6 is 12.6 Å². The summed E-state index contributed by atoms with van der Waals surface area (Å²) >= 11 is 4.24. The van der Waals surface area contributed by atoms with Crippen molar-refractivity contribution in [2.24, 2.45) is 0 Å². The maximum atomic E-state index is 5.52. The van der Waals surface area contributed by atoms with Crippen LogP contribution in [-0.2, 0) is 19.7 Å². The highest BCUT2D eigenvalue weighted by molar-refractivity contribution is 7.80. The molecule has 0 unspecified atom stereocenters. The Hall–Kier alpha value is -0.333. The number of aryl methyl sites for hydroxylation is 1. The molecule has 0 radical (unpaired) electrons. The van der Waals surface area contributed by atoms with E-state index < -0.39 is 8.80 Å². The number of benzene rings is 1. The minimum absolute atomic E-state index is 0.871. The molecule has 5 heteroatoms. The second kappa shape index (κ2) is 7.18. The molecule has 3 nitrogen and oxygen atoms in total. The lowest BCUT2D eigenvalue weighted by Gasteiger charge is -2.26. The fourth-order valence-electron chi connectivity index (χ4n) is 1.89. The molecule has 0 aliphatic heterocycles. The molecule has 0 saturated heterocycles. The molecule has 0 spiro atoms. The van der Waals surface area contributed by atoms with Crippen LogP contribution in [0.15, 0.2) is 24.3 Å². The third-order valence-electron chi connectivity index (χ3n) is 2.76. The number of hydrogen-bond donors (Lipinski definition) is 1. The molecule has 0 aliphatic rings. The van der Waals surface area contributed by atoms with Crippen LogP contribution in [0.4, 0.5) is 0 Å². The summed E-state index contributed by atoms with van der Waals surface area (Å²) in [5.41, 5.74) is 1.22. The lowest BCUT2D eigenvalue weighted by molar-refractivity contribution is 0.140. The molecule has 96 valence electrons. The van der Waals surface area contributed by atoms with E-state index >= 15 is 0 Å². The summed E-state index contributed by atoms with van der Waals surface area (Å²) in [6.45, 7) is 0. The van der Waals surface area contributed by atoms with Crippen molar-refractivity contribution in [3.8, 4) is 0 Å². The molecule has 0 aliphatic carbocycles. The summed E-state index contributed by atoms with van der Waals surface area (Å²) in [7, 11) is 2.19. The van der Waals surface area contributed by atoms with Gasteiger partial charge in [0.15, 0.2) is 0 Å². The minimum atomic E-state index is -2.71. The van der Waals surface area contributed by atoms with E-state index in [0.29, 0.717) is 0 Å². The molecule has 0 N–H and O–H groups in total. The van der Waals surface area contributed by atoms with Crippen molar-refractivity contribution < 1.29 is 13.3 Å². The van der Waals surface area contributed by atoms with Crippen molar-refractivity contribution in [1.82, 2.24) is 0 Å². The average molecular weight is 272 g/mol. The van der Waals surface area contributed by atoms with Gasteiger partial charge >= 0.3 is 8.80 Å². The van der Waals surface area contributed by atoms with Crippen molar-refractivity contribution in [3.05, 3.63) is 29.8 Å². The standard InChI is InChI=1S/C12H20O3SSi/c1-13-17(14-2,15-3)12-9-5-4-7-11(12)8-6-10-16/h4-5,7,9,16H,6,8,10H2,1-3H3. The van der Waals surface area contributed by atoms with E-state index in [1.54, 1.807) is 21.3 Å². The van der Waals surface area contributed by atoms with Gasteiger partial charge in [0.25, 0.3) is 0 Å². The monoisotopic (exact) mass is 272 g/mol. The third kappa shape index (κ3) is 3.32. The molecular formula is C12H20O3SSi. The fraction of sp³-hybridized carbons (Fsp3) is 0.500. The molecule has 17 heavy (non-hydrogen) atoms. The summed E-state index contributed by atoms with van der Waals surface area (Å²) in [6.07, 6.45) is 1.99. The van der Waals surface area contributed by atoms with E-state index in [-0.39, 0.29) is 0 Å². The smallest absolute Gasteiger partial charge is 0.373 e. The highest BCUT2D eigenvalue weighted by Crippen LogP contribution is 2.12. The van der Waals surface area contributed by atoms with Crippen LogP contribution in [0, 0.1) is 0 Å². The molecule has 0 aromatic heterocycles. The maximum absolute atomic E-state index is 5.52. The molecule has 1 aromatic rings. The van der Waals surface area contributed by atoms with Gasteiger partial charge in [-0.3, -0.25) is 0 Å². The minimum Gasteiger partial charge on any atom is -0.373 e. The van der Waals surface area contributed by atoms with Gasteiger partial charge in [-0.15, -0.1) is 0 Å². The van der Waals surface area contributed by atoms with Crippen LogP contribution < -0.4 is 5.19 Å². The largest absolute Gasteiger partial charge is 0.536 e. The Morgan fingerprint density at radius 2 is 1.65 bits per heavy atom. The van der Waals surface area contributed by atoms with Crippen molar-refractivity contribution >= 4 is 26.6 Å². The van der Waals surface area contributed by atoms with Crippen LogP contribution in [0.25, 0.3) is 0 Å². The topological polar surface area (TPSA) is 27.7 Å². The van der Waals surface area contributed by atoms with E-state index in [0.717, 1.165) is 23.8 Å². The molecule has 0 fully saturated rings. The van der Waals surface area contributed by atoms with Gasteiger partial charge in [0, 0.05) is 26.5 Å². The normalized spacial score (nSPS) is 11.8. The van der Waals surface area contributed by atoms with Gasteiger partial charge in [-0.2, -0.15) is 12.6 Å². The molecule has 1 rings (SSSR count). The van der Waals surface area contributed by atoms with Crippen LogP contribution in [0.2, 0.25) is 0 Å². The van der Waals surface area contributed by atoms with Crippen molar-refractivity contribution in [3.63, 3.8) is 0 Å². The van der Waals surface area contributed by atoms with Crippen LogP contribution in [0.5, 0.6) is 0 Å². The summed E-state index contributed by atoms with van der Waals surface area (Å²) in [5, 5.41) is 1.05. The summed E-state index contributed by atoms with van der Waals surface area (Å²) in [4.78, 5) is 0. The Labute approximate surface area is 110 Å². The van der Waals surface area contributed by atoms with Gasteiger partial charge in [0.05, 0.1) is 0 Å². The molecule has 1 aromatic carbocycles. The van der Waals surface area contributed by atoms with Crippen LogP contribution in [0.3, 0.4) is 0 Å². The predicted octanol–water partition coefficient (Wildman–Crippen LogP) is 1.63. The maximum Gasteiger partial charge on any atom is 0.536 e. The number of rotatable bonds is 7. The quantitative estimate of drug-likeness (QED) is 0.604. The lowest BCUT2D eigenvalue weighted by atomic mass is 10.1. The van der Waals surface area contributed by atoms with Gasteiger partial charge in [-0.1, -0.05) is 24.3 Å². The molecule has 0 atom stereocenters. The zero-order chi connectivity index (χ0) is 12.7.